The Labute approximate surface area is 344 Å². The lowest BCUT2D eigenvalue weighted by Gasteiger charge is -2.52. The van der Waals surface area contributed by atoms with Gasteiger partial charge in [-0.15, -0.1) is 0 Å². The van der Waals surface area contributed by atoms with Crippen LogP contribution in [-0.4, -0.2) is 51.6 Å². The summed E-state index contributed by atoms with van der Waals surface area (Å²) in [6.07, 6.45) is 0. The molecule has 0 spiro atoms. The SMILES string of the molecule is COc1ccc(OC)c2c1C1C3=C(C(=O)C4=C(C3=O)[C@H]3C5=C(C(=O)C6=C(C5=O)C5c7ccccc7C6c6ccccc65)[C@@H]4c4ccccc43)C2c2c(OC)ccc(OC)c21. The van der Waals surface area contributed by atoms with Gasteiger partial charge in [-0.05, 0) is 57.6 Å². The first-order valence-corrected chi connectivity index (χ1v) is 20.3. The summed E-state index contributed by atoms with van der Waals surface area (Å²) in [5.41, 5.74) is 11.4. The van der Waals surface area contributed by atoms with Crippen LogP contribution in [0.3, 0.4) is 0 Å². The monoisotopic (exact) mass is 786 g/mol. The number of ketones is 4. The molecule has 11 aliphatic carbocycles. The van der Waals surface area contributed by atoms with E-state index in [1.807, 2.05) is 72.8 Å². The Morgan fingerprint density at radius 2 is 0.483 bits per heavy atom. The first-order chi connectivity index (χ1) is 29.4. The summed E-state index contributed by atoms with van der Waals surface area (Å²) in [7, 11) is 6.36. The van der Waals surface area contributed by atoms with Crippen molar-refractivity contribution in [3.05, 3.63) is 197 Å². The molecule has 0 fully saturated rings. The molecule has 8 heteroatoms. The molecule has 0 aliphatic heterocycles. The van der Waals surface area contributed by atoms with Crippen LogP contribution in [0.5, 0.6) is 23.0 Å². The van der Waals surface area contributed by atoms with Crippen LogP contribution in [0.15, 0.2) is 142 Å². The van der Waals surface area contributed by atoms with E-state index in [1.54, 1.807) is 28.4 Å². The van der Waals surface area contributed by atoms with Crippen LogP contribution in [-0.2, 0) is 19.2 Å². The highest BCUT2D eigenvalue weighted by Crippen LogP contribution is 2.70. The van der Waals surface area contributed by atoms with Gasteiger partial charge in [-0.3, -0.25) is 19.2 Å². The highest BCUT2D eigenvalue weighted by Gasteiger charge is 2.63. The highest BCUT2D eigenvalue weighted by molar-refractivity contribution is 6.36. The maximum atomic E-state index is 16.0. The van der Waals surface area contributed by atoms with E-state index in [1.165, 1.54) is 0 Å². The van der Waals surface area contributed by atoms with Gasteiger partial charge in [-0.1, -0.05) is 72.8 Å². The number of carbonyl (C=O) groups is 4. The van der Waals surface area contributed by atoms with Crippen LogP contribution in [0.25, 0.3) is 0 Å². The van der Waals surface area contributed by atoms with Gasteiger partial charge in [0.1, 0.15) is 23.0 Å². The van der Waals surface area contributed by atoms with Crippen molar-refractivity contribution in [3.63, 3.8) is 0 Å². The van der Waals surface area contributed by atoms with E-state index < -0.39 is 35.5 Å². The minimum atomic E-state index is -0.919. The predicted molar refractivity (Wildman–Crippen MR) is 219 cm³/mol. The number of allylic oxidation sites excluding steroid dienone is 8. The van der Waals surface area contributed by atoms with Crippen molar-refractivity contribution in [1.29, 1.82) is 0 Å². The van der Waals surface area contributed by atoms with Crippen LogP contribution in [0, 0.1) is 0 Å². The summed E-state index contributed by atoms with van der Waals surface area (Å²) in [6.45, 7) is 0. The quantitative estimate of drug-likeness (QED) is 0.169. The molecule has 11 aliphatic rings. The van der Waals surface area contributed by atoms with Gasteiger partial charge in [0.25, 0.3) is 0 Å². The van der Waals surface area contributed by atoms with Crippen LogP contribution in [0.1, 0.15) is 91.1 Å². The van der Waals surface area contributed by atoms with Gasteiger partial charge < -0.3 is 18.9 Å². The van der Waals surface area contributed by atoms with Crippen LogP contribution >= 0.6 is 0 Å². The van der Waals surface area contributed by atoms with E-state index in [-0.39, 0.29) is 34.3 Å². The van der Waals surface area contributed by atoms with Gasteiger partial charge in [-0.2, -0.15) is 0 Å². The van der Waals surface area contributed by atoms with Gasteiger partial charge in [0, 0.05) is 102 Å². The van der Waals surface area contributed by atoms with Crippen molar-refractivity contribution in [2.75, 3.05) is 28.4 Å². The largest absolute Gasteiger partial charge is 0.496 e. The zero-order chi connectivity index (χ0) is 40.6. The molecule has 0 unspecified atom stereocenters. The summed E-state index contributed by atoms with van der Waals surface area (Å²) in [5, 5.41) is 0. The average molecular weight is 787 g/mol. The molecule has 2 atom stereocenters. The van der Waals surface area contributed by atoms with Crippen molar-refractivity contribution in [2.45, 2.75) is 35.5 Å². The van der Waals surface area contributed by atoms with Crippen molar-refractivity contribution in [3.8, 4) is 23.0 Å². The molecule has 0 amide bonds. The van der Waals surface area contributed by atoms with E-state index in [9.17, 15) is 0 Å². The topological polar surface area (TPSA) is 105 Å². The lowest BCUT2D eigenvalue weighted by Crippen LogP contribution is -2.48. The van der Waals surface area contributed by atoms with Crippen LogP contribution in [0.2, 0.25) is 0 Å². The molecule has 0 saturated heterocycles. The van der Waals surface area contributed by atoms with Crippen molar-refractivity contribution in [2.24, 2.45) is 0 Å². The molecule has 0 N–H and O–H groups in total. The molecule has 0 radical (unpaired) electrons. The minimum absolute atomic E-state index is 0.214. The van der Waals surface area contributed by atoms with E-state index >= 15 is 19.2 Å². The lowest BCUT2D eigenvalue weighted by molar-refractivity contribution is -0.119. The Hall–Kier alpha value is -7.06. The smallest absolute Gasteiger partial charge is 0.187 e. The second-order valence-electron chi connectivity index (χ2n) is 16.7. The fourth-order valence-corrected chi connectivity index (χ4v) is 12.8. The summed E-state index contributed by atoms with van der Waals surface area (Å²) >= 11 is 0. The maximum Gasteiger partial charge on any atom is 0.187 e. The number of hydrogen-bond donors (Lipinski definition) is 0. The van der Waals surface area contributed by atoms with Gasteiger partial charge >= 0.3 is 0 Å². The first kappa shape index (κ1) is 33.9. The normalized spacial score (nSPS) is 25.2. The molecule has 16 rings (SSSR count). The molecule has 0 heterocycles. The molecule has 0 saturated carbocycles. The number of hydrogen-bond acceptors (Lipinski definition) is 8. The zero-order valence-electron chi connectivity index (χ0n) is 33.0. The predicted octanol–water partition coefficient (Wildman–Crippen LogP) is 7.99. The molecular weight excluding hydrogens is 753 g/mol. The molecule has 8 nitrogen and oxygen atoms in total. The van der Waals surface area contributed by atoms with Gasteiger partial charge in [-0.25, -0.2) is 0 Å². The minimum Gasteiger partial charge on any atom is -0.496 e. The Morgan fingerprint density at radius 3 is 0.717 bits per heavy atom. The van der Waals surface area contributed by atoms with Crippen molar-refractivity contribution in [1.82, 2.24) is 0 Å². The van der Waals surface area contributed by atoms with Gasteiger partial charge in [0.05, 0.1) is 28.4 Å². The summed E-state index contributed by atoms with van der Waals surface area (Å²) in [4.78, 5) is 63.4. The van der Waals surface area contributed by atoms with Gasteiger partial charge in [0.2, 0.25) is 0 Å². The molecule has 5 aromatic carbocycles. The maximum absolute atomic E-state index is 16.0. The third-order valence-electron chi connectivity index (χ3n) is 14.7. The van der Waals surface area contributed by atoms with E-state index in [0.29, 0.717) is 56.4 Å². The summed E-state index contributed by atoms with van der Waals surface area (Å²) in [6, 6.07) is 31.2. The molecule has 60 heavy (non-hydrogen) atoms. The number of methoxy groups -OCH3 is 4. The number of Topliss-reactive ketones (excluding diaryl/α,β-unsaturated/α-hetero) is 4. The second-order valence-corrected chi connectivity index (χ2v) is 16.7. The fourth-order valence-electron chi connectivity index (χ4n) is 12.8. The summed E-state index contributed by atoms with van der Waals surface area (Å²) in [5.74, 6) is -3.15. The van der Waals surface area contributed by atoms with E-state index in [0.717, 1.165) is 55.6 Å². The molecule has 290 valence electrons. The summed E-state index contributed by atoms with van der Waals surface area (Å²) < 4.78 is 24.1. The number of carbonyl (C=O) groups excluding carboxylic acids is 4. The zero-order valence-corrected chi connectivity index (χ0v) is 33.0. The van der Waals surface area contributed by atoms with E-state index in [4.69, 9.17) is 18.9 Å². The van der Waals surface area contributed by atoms with Crippen molar-refractivity contribution < 1.29 is 38.1 Å². The van der Waals surface area contributed by atoms with Crippen molar-refractivity contribution >= 4 is 23.1 Å². The number of rotatable bonds is 4. The molecule has 6 bridgehead atoms. The Morgan fingerprint density at radius 1 is 0.283 bits per heavy atom. The number of benzene rings is 5. The first-order valence-electron chi connectivity index (χ1n) is 20.3. The third-order valence-corrected chi connectivity index (χ3v) is 14.7. The van der Waals surface area contributed by atoms with Crippen LogP contribution < -0.4 is 18.9 Å². The highest BCUT2D eigenvalue weighted by atomic mass is 16.5. The average Bonchev–Trinajstić information content (AvgIpc) is 3.30. The number of ether oxygens (including phenoxy) is 4. The molecule has 0 aromatic heterocycles. The molecule has 5 aromatic rings. The Balaban J connectivity index is 1.06. The third kappa shape index (κ3) is 3.60. The standard InChI is InChI=1S/C52H34O8/c1-57-27-17-18-28(58-2)36-35(27)39-37-29(59-3)19-20-30(60-4)38(37)40(36)48-47(39)51(55)45-33-25-15-9-10-16-26(25)34(46(45)52(48)56)44-43(33)49(53)41-31-21-11-5-7-13-23(21)32(42(41)50(44)54)24-14-8-6-12-22(24)31/h5-20,31-34,39-40H,1-4H3/t31?,32?,33-,34+,39?,40?. The fraction of sp³-hybridized carbons (Fsp3) is 0.192. The Bertz CT molecular complexity index is 2840. The van der Waals surface area contributed by atoms with Gasteiger partial charge in [0.15, 0.2) is 23.1 Å². The Kier molecular flexibility index (Phi) is 6.41. The lowest BCUT2D eigenvalue weighted by atomic mass is 9.48. The van der Waals surface area contributed by atoms with Crippen LogP contribution in [0.4, 0.5) is 0 Å². The van der Waals surface area contributed by atoms with E-state index in [2.05, 4.69) is 24.3 Å². The second kappa shape index (κ2) is 11.4. The molecular formula is C52H34O8.